The molecule has 0 fully saturated rings. The van der Waals surface area contributed by atoms with E-state index in [1.54, 1.807) is 30.3 Å². The van der Waals surface area contributed by atoms with Crippen LogP contribution in [0.25, 0.3) is 5.69 Å². The molecule has 0 bridgehead atoms. The smallest absolute Gasteiger partial charge is 0.321 e. The van der Waals surface area contributed by atoms with Gasteiger partial charge in [-0.05, 0) is 31.2 Å². The number of Topliss-reactive ketones (excluding diaryl/α,β-unsaturated/α-hetero) is 1. The molecule has 0 aliphatic rings. The zero-order chi connectivity index (χ0) is 19.6. The number of ketones is 1. The zero-order valence-electron chi connectivity index (χ0n) is 14.1. The normalized spacial score (nSPS) is 11.3. The Hall–Kier alpha value is -3.42. The Morgan fingerprint density at radius 1 is 0.963 bits per heavy atom. The van der Waals surface area contributed by atoms with E-state index < -0.39 is 23.3 Å². The molecule has 1 heterocycles. The maximum Gasteiger partial charge on any atom is 0.434 e. The molecule has 1 amide bonds. The van der Waals surface area contributed by atoms with Crippen molar-refractivity contribution in [3.8, 4) is 5.69 Å². The lowest BCUT2D eigenvalue weighted by molar-refractivity contribution is -0.143. The fourth-order valence-corrected chi connectivity index (χ4v) is 2.64. The molecular formula is C19H14F3N3O2. The fraction of sp³-hybridized carbons (Fsp3) is 0.105. The van der Waals surface area contributed by atoms with Crippen molar-refractivity contribution in [3.05, 3.63) is 77.6 Å². The second-order valence-corrected chi connectivity index (χ2v) is 5.71. The molecule has 1 aromatic heterocycles. The van der Waals surface area contributed by atoms with Gasteiger partial charge in [-0.15, -0.1) is 0 Å². The Balaban J connectivity index is 2.04. The van der Waals surface area contributed by atoms with E-state index in [0.29, 0.717) is 4.68 Å². The van der Waals surface area contributed by atoms with Crippen LogP contribution in [0.5, 0.6) is 0 Å². The SMILES string of the molecule is CC(=O)c1ccccc1NC(=O)c1cnn(-c2ccccc2)c1C(F)(F)F. The Bertz CT molecular complexity index is 995. The Morgan fingerprint density at radius 2 is 1.59 bits per heavy atom. The van der Waals surface area contributed by atoms with Gasteiger partial charge in [0.2, 0.25) is 0 Å². The number of alkyl halides is 3. The first-order valence-corrected chi connectivity index (χ1v) is 7.91. The summed E-state index contributed by atoms with van der Waals surface area (Å²) < 4.78 is 41.6. The minimum atomic E-state index is -4.81. The Morgan fingerprint density at radius 3 is 2.22 bits per heavy atom. The van der Waals surface area contributed by atoms with Crippen molar-refractivity contribution in [3.63, 3.8) is 0 Å². The maximum absolute atomic E-state index is 13.6. The molecule has 0 aliphatic heterocycles. The Labute approximate surface area is 152 Å². The molecule has 2 aromatic carbocycles. The summed E-state index contributed by atoms with van der Waals surface area (Å²) >= 11 is 0. The number of carbonyl (C=O) groups is 2. The zero-order valence-corrected chi connectivity index (χ0v) is 14.1. The van der Waals surface area contributed by atoms with Gasteiger partial charge < -0.3 is 5.32 Å². The van der Waals surface area contributed by atoms with Crippen molar-refractivity contribution in [2.24, 2.45) is 0 Å². The number of carbonyl (C=O) groups excluding carboxylic acids is 2. The van der Waals surface area contributed by atoms with Gasteiger partial charge in [0, 0.05) is 5.56 Å². The largest absolute Gasteiger partial charge is 0.434 e. The van der Waals surface area contributed by atoms with Crippen LogP contribution in [0.3, 0.4) is 0 Å². The van der Waals surface area contributed by atoms with E-state index in [-0.39, 0.29) is 22.7 Å². The van der Waals surface area contributed by atoms with Gasteiger partial charge in [0.1, 0.15) is 0 Å². The van der Waals surface area contributed by atoms with Gasteiger partial charge >= 0.3 is 6.18 Å². The van der Waals surface area contributed by atoms with Gasteiger partial charge in [-0.3, -0.25) is 9.59 Å². The van der Waals surface area contributed by atoms with Gasteiger partial charge in [0.05, 0.1) is 23.1 Å². The highest BCUT2D eigenvalue weighted by Crippen LogP contribution is 2.34. The van der Waals surface area contributed by atoms with Crippen molar-refractivity contribution in [1.29, 1.82) is 0 Å². The number of nitrogens with zero attached hydrogens (tertiary/aromatic N) is 2. The molecule has 5 nitrogen and oxygen atoms in total. The third kappa shape index (κ3) is 3.74. The summed E-state index contributed by atoms with van der Waals surface area (Å²) in [6.07, 6.45) is -3.94. The number of benzene rings is 2. The monoisotopic (exact) mass is 373 g/mol. The molecule has 8 heteroatoms. The van der Waals surface area contributed by atoms with Crippen LogP contribution in [0, 0.1) is 0 Å². The summed E-state index contributed by atoms with van der Waals surface area (Å²) in [5, 5.41) is 6.11. The minimum absolute atomic E-state index is 0.135. The third-order valence-corrected chi connectivity index (χ3v) is 3.84. The van der Waals surface area contributed by atoms with Crippen LogP contribution in [-0.4, -0.2) is 21.5 Å². The van der Waals surface area contributed by atoms with Crippen molar-refractivity contribution in [2.45, 2.75) is 13.1 Å². The number of rotatable bonds is 4. The number of hydrogen-bond acceptors (Lipinski definition) is 3. The van der Waals surface area contributed by atoms with Crippen molar-refractivity contribution in [2.75, 3.05) is 5.32 Å². The van der Waals surface area contributed by atoms with E-state index >= 15 is 0 Å². The van der Waals surface area contributed by atoms with Crippen molar-refractivity contribution < 1.29 is 22.8 Å². The van der Waals surface area contributed by atoms with E-state index in [1.807, 2.05) is 0 Å². The molecule has 0 unspecified atom stereocenters. The topological polar surface area (TPSA) is 64.0 Å². The average molecular weight is 373 g/mol. The van der Waals surface area contributed by atoms with Crippen LogP contribution in [0.15, 0.2) is 60.8 Å². The highest BCUT2D eigenvalue weighted by molar-refractivity contribution is 6.09. The molecule has 3 rings (SSSR count). The van der Waals surface area contributed by atoms with E-state index in [9.17, 15) is 22.8 Å². The van der Waals surface area contributed by atoms with Gasteiger partial charge in [-0.25, -0.2) is 4.68 Å². The molecule has 0 atom stereocenters. The van der Waals surface area contributed by atoms with Crippen LogP contribution < -0.4 is 5.32 Å². The third-order valence-electron chi connectivity index (χ3n) is 3.84. The highest BCUT2D eigenvalue weighted by Gasteiger charge is 2.40. The highest BCUT2D eigenvalue weighted by atomic mass is 19.4. The first-order chi connectivity index (χ1) is 12.8. The summed E-state index contributed by atoms with van der Waals surface area (Å²) in [6.45, 7) is 1.31. The van der Waals surface area contributed by atoms with Crippen LogP contribution in [0.2, 0.25) is 0 Å². The number of para-hydroxylation sites is 2. The molecule has 0 aliphatic carbocycles. The van der Waals surface area contributed by atoms with Crippen LogP contribution in [0.4, 0.5) is 18.9 Å². The number of hydrogen-bond donors (Lipinski definition) is 1. The molecule has 1 N–H and O–H groups in total. The molecule has 0 radical (unpaired) electrons. The summed E-state index contributed by atoms with van der Waals surface area (Å²) in [5.41, 5.74) is -1.31. The van der Waals surface area contributed by atoms with Crippen LogP contribution >= 0.6 is 0 Å². The van der Waals surface area contributed by atoms with E-state index in [4.69, 9.17) is 0 Å². The lowest BCUT2D eigenvalue weighted by Gasteiger charge is -2.13. The summed E-state index contributed by atoms with van der Waals surface area (Å²) in [7, 11) is 0. The molecule has 0 spiro atoms. The van der Waals surface area contributed by atoms with Gasteiger partial charge in [0.25, 0.3) is 5.91 Å². The molecule has 0 saturated heterocycles. The predicted molar refractivity (Wildman–Crippen MR) is 93.0 cm³/mol. The number of halogens is 3. The van der Waals surface area contributed by atoms with Crippen LogP contribution in [0.1, 0.15) is 33.3 Å². The second-order valence-electron chi connectivity index (χ2n) is 5.71. The van der Waals surface area contributed by atoms with Gasteiger partial charge in [-0.2, -0.15) is 18.3 Å². The van der Waals surface area contributed by atoms with Gasteiger partial charge in [-0.1, -0.05) is 30.3 Å². The van der Waals surface area contributed by atoms with Crippen LogP contribution in [-0.2, 0) is 6.18 Å². The lowest BCUT2D eigenvalue weighted by atomic mass is 10.1. The fourth-order valence-electron chi connectivity index (χ4n) is 2.64. The number of amides is 1. The number of nitrogens with one attached hydrogen (secondary N) is 1. The molecule has 138 valence electrons. The molecular weight excluding hydrogens is 359 g/mol. The first kappa shape index (κ1) is 18.4. The number of aromatic nitrogens is 2. The Kier molecular flexibility index (Phi) is 4.81. The summed E-state index contributed by atoms with van der Waals surface area (Å²) in [4.78, 5) is 24.2. The predicted octanol–water partition coefficient (Wildman–Crippen LogP) is 4.35. The molecule has 27 heavy (non-hydrogen) atoms. The molecule has 0 saturated carbocycles. The number of anilines is 1. The van der Waals surface area contributed by atoms with E-state index in [2.05, 4.69) is 10.4 Å². The second kappa shape index (κ2) is 7.06. The maximum atomic E-state index is 13.6. The summed E-state index contributed by atoms with van der Waals surface area (Å²) in [6, 6.07) is 13.8. The standard InChI is InChI=1S/C19H14F3N3O2/c1-12(26)14-9-5-6-10-16(14)24-18(27)15-11-23-25(17(15)19(20,21)22)13-7-3-2-4-8-13/h2-11H,1H3,(H,24,27). The van der Waals surface area contributed by atoms with Gasteiger partial charge in [0.15, 0.2) is 11.5 Å². The average Bonchev–Trinajstić information content (AvgIpc) is 3.08. The van der Waals surface area contributed by atoms with E-state index in [0.717, 1.165) is 6.20 Å². The van der Waals surface area contributed by atoms with Crippen molar-refractivity contribution in [1.82, 2.24) is 9.78 Å². The first-order valence-electron chi connectivity index (χ1n) is 7.91. The quantitative estimate of drug-likeness (QED) is 0.692. The minimum Gasteiger partial charge on any atom is -0.321 e. The van der Waals surface area contributed by atoms with E-state index in [1.165, 1.54) is 31.2 Å². The lowest BCUT2D eigenvalue weighted by Crippen LogP contribution is -2.21. The van der Waals surface area contributed by atoms with Crippen molar-refractivity contribution >= 4 is 17.4 Å². The molecule has 3 aromatic rings. The summed E-state index contributed by atoms with van der Waals surface area (Å²) in [5.74, 6) is -1.32.